The highest BCUT2D eigenvalue weighted by Crippen LogP contribution is 2.50. The fourth-order valence-electron chi connectivity index (χ4n) is 2.88. The van der Waals surface area contributed by atoms with Crippen molar-refractivity contribution in [3.05, 3.63) is 59.7 Å². The van der Waals surface area contributed by atoms with Crippen LogP contribution in [0.4, 0.5) is 0 Å². The smallest absolute Gasteiger partial charge is 0.00605 e. The number of hydrogen-bond acceptors (Lipinski definition) is 0. The first-order valence-corrected chi connectivity index (χ1v) is 6.40. The maximum Gasteiger partial charge on any atom is -0.00605 e. The normalized spacial score (nSPS) is 26.9. The van der Waals surface area contributed by atoms with Crippen LogP contribution in [0, 0.1) is 11.8 Å². The second kappa shape index (κ2) is 4.03. The Morgan fingerprint density at radius 3 is 2.94 bits per heavy atom. The van der Waals surface area contributed by atoms with Gasteiger partial charge in [0.2, 0.25) is 0 Å². The Hall–Kier alpha value is -1.56. The molecule has 0 amide bonds. The van der Waals surface area contributed by atoms with E-state index in [0.717, 1.165) is 18.3 Å². The molecule has 2 aliphatic rings. The minimum absolute atomic E-state index is 0.774. The highest BCUT2D eigenvalue weighted by atomic mass is 14.4. The van der Waals surface area contributed by atoms with Gasteiger partial charge in [0, 0.05) is 0 Å². The van der Waals surface area contributed by atoms with E-state index >= 15 is 0 Å². The van der Waals surface area contributed by atoms with Crippen LogP contribution in [0.25, 0.3) is 11.6 Å². The highest BCUT2D eigenvalue weighted by molar-refractivity contribution is 5.80. The quantitative estimate of drug-likeness (QED) is 0.636. The molecule has 3 rings (SSSR count). The van der Waals surface area contributed by atoms with Crippen LogP contribution in [0.5, 0.6) is 0 Å². The minimum atomic E-state index is 0.774. The summed E-state index contributed by atoms with van der Waals surface area (Å²) in [5.74, 6) is 1.56. The molecule has 0 aromatic heterocycles. The maximum atomic E-state index is 4.23. The van der Waals surface area contributed by atoms with Crippen LogP contribution < -0.4 is 0 Å². The summed E-state index contributed by atoms with van der Waals surface area (Å²) in [6.45, 7) is 6.34. The molecule has 1 fully saturated rings. The molecule has 0 bridgehead atoms. The van der Waals surface area contributed by atoms with E-state index in [1.807, 2.05) is 0 Å². The van der Waals surface area contributed by atoms with Crippen molar-refractivity contribution in [1.29, 1.82) is 0 Å². The Kier molecular flexibility index (Phi) is 2.51. The first kappa shape index (κ1) is 10.6. The van der Waals surface area contributed by atoms with Gasteiger partial charge in [0.25, 0.3) is 0 Å². The minimum Gasteiger partial charge on any atom is -0.0949 e. The first-order chi connectivity index (χ1) is 8.29. The fourth-order valence-corrected chi connectivity index (χ4v) is 2.88. The molecule has 0 radical (unpaired) electrons. The van der Waals surface area contributed by atoms with Crippen molar-refractivity contribution in [2.75, 3.05) is 0 Å². The van der Waals surface area contributed by atoms with Crippen molar-refractivity contribution in [3.8, 4) is 0 Å². The lowest BCUT2D eigenvalue weighted by Gasteiger charge is -2.18. The second-order valence-electron chi connectivity index (χ2n) is 5.12. The average molecular weight is 222 g/mol. The van der Waals surface area contributed by atoms with Crippen molar-refractivity contribution in [2.45, 2.75) is 19.8 Å². The predicted octanol–water partition coefficient (Wildman–Crippen LogP) is 4.70. The van der Waals surface area contributed by atoms with Crippen LogP contribution in [0.15, 0.2) is 48.6 Å². The summed E-state index contributed by atoms with van der Waals surface area (Å²) in [6, 6.07) is 8.60. The van der Waals surface area contributed by atoms with Gasteiger partial charge in [0.05, 0.1) is 0 Å². The number of hydrogen-bond donors (Lipinski definition) is 0. The topological polar surface area (TPSA) is 0 Å². The number of fused-ring (bicyclic) bond motifs is 1. The Labute approximate surface area is 103 Å². The SMILES string of the molecule is C=C1CC(C2CC2/C=C\C)=Cc2ccccc21. The highest BCUT2D eigenvalue weighted by Gasteiger charge is 2.38. The van der Waals surface area contributed by atoms with Gasteiger partial charge in [-0.3, -0.25) is 0 Å². The van der Waals surface area contributed by atoms with Gasteiger partial charge >= 0.3 is 0 Å². The molecule has 2 atom stereocenters. The molecule has 0 saturated heterocycles. The van der Waals surface area contributed by atoms with Crippen LogP contribution >= 0.6 is 0 Å². The van der Waals surface area contributed by atoms with Gasteiger partial charge in [-0.25, -0.2) is 0 Å². The lowest BCUT2D eigenvalue weighted by atomic mass is 9.86. The molecule has 0 heterocycles. The van der Waals surface area contributed by atoms with Crippen LogP contribution in [0.2, 0.25) is 0 Å². The molecule has 0 N–H and O–H groups in total. The van der Waals surface area contributed by atoms with Gasteiger partial charge < -0.3 is 0 Å². The molecule has 2 aliphatic carbocycles. The summed E-state index contributed by atoms with van der Waals surface area (Å²) in [7, 11) is 0. The van der Waals surface area contributed by atoms with E-state index in [1.165, 1.54) is 23.1 Å². The zero-order valence-corrected chi connectivity index (χ0v) is 10.3. The first-order valence-electron chi connectivity index (χ1n) is 6.40. The van der Waals surface area contributed by atoms with Gasteiger partial charge in [0.15, 0.2) is 0 Å². The van der Waals surface area contributed by atoms with Gasteiger partial charge in [-0.2, -0.15) is 0 Å². The zero-order chi connectivity index (χ0) is 11.8. The van der Waals surface area contributed by atoms with E-state index < -0.39 is 0 Å². The largest absolute Gasteiger partial charge is 0.0949 e. The van der Waals surface area contributed by atoms with E-state index in [-0.39, 0.29) is 0 Å². The van der Waals surface area contributed by atoms with Crippen molar-refractivity contribution in [2.24, 2.45) is 11.8 Å². The molecular weight excluding hydrogens is 204 g/mol. The van der Waals surface area contributed by atoms with Gasteiger partial charge in [-0.1, -0.05) is 54.6 Å². The van der Waals surface area contributed by atoms with Crippen LogP contribution in [0.1, 0.15) is 30.9 Å². The molecule has 17 heavy (non-hydrogen) atoms. The van der Waals surface area contributed by atoms with Gasteiger partial charge in [-0.15, -0.1) is 0 Å². The van der Waals surface area contributed by atoms with Crippen molar-refractivity contribution < 1.29 is 0 Å². The summed E-state index contributed by atoms with van der Waals surface area (Å²) >= 11 is 0. The predicted molar refractivity (Wildman–Crippen MR) is 74.5 cm³/mol. The van der Waals surface area contributed by atoms with Crippen LogP contribution in [-0.4, -0.2) is 0 Å². The van der Waals surface area contributed by atoms with Gasteiger partial charge in [-0.05, 0) is 48.3 Å². The van der Waals surface area contributed by atoms with E-state index in [2.05, 4.69) is 56.0 Å². The average Bonchev–Trinajstić information content (AvgIpc) is 3.09. The van der Waals surface area contributed by atoms with E-state index in [1.54, 1.807) is 5.57 Å². The maximum absolute atomic E-state index is 4.23. The fraction of sp³-hybridized carbons (Fsp3) is 0.294. The molecular formula is C17H18. The molecule has 0 aliphatic heterocycles. The molecule has 1 aromatic rings. The molecule has 0 nitrogen and oxygen atoms in total. The summed E-state index contributed by atoms with van der Waals surface area (Å²) in [6.07, 6.45) is 9.30. The lowest BCUT2D eigenvalue weighted by molar-refractivity contribution is 0.898. The Balaban J connectivity index is 1.90. The van der Waals surface area contributed by atoms with E-state index in [4.69, 9.17) is 0 Å². The Morgan fingerprint density at radius 1 is 1.29 bits per heavy atom. The van der Waals surface area contributed by atoms with E-state index in [9.17, 15) is 0 Å². The number of rotatable bonds is 2. The standard InChI is InChI=1S/C17H18/c1-3-6-13-11-17(13)15-9-12(2)16-8-5-4-7-14(16)10-15/h3-8,10,13,17H,2,9,11H2,1H3/b6-3-. The lowest BCUT2D eigenvalue weighted by Crippen LogP contribution is -1.99. The van der Waals surface area contributed by atoms with Crippen LogP contribution in [0.3, 0.4) is 0 Å². The molecule has 2 unspecified atom stereocenters. The molecule has 0 heteroatoms. The second-order valence-corrected chi connectivity index (χ2v) is 5.12. The Morgan fingerprint density at radius 2 is 2.12 bits per heavy atom. The number of allylic oxidation sites excluding steroid dienone is 4. The zero-order valence-electron chi connectivity index (χ0n) is 10.3. The monoisotopic (exact) mass is 222 g/mol. The van der Waals surface area contributed by atoms with Gasteiger partial charge in [0.1, 0.15) is 0 Å². The summed E-state index contributed by atoms with van der Waals surface area (Å²) < 4.78 is 0. The third kappa shape index (κ3) is 1.88. The molecule has 0 spiro atoms. The third-order valence-electron chi connectivity index (χ3n) is 3.86. The van der Waals surface area contributed by atoms with Crippen molar-refractivity contribution in [3.63, 3.8) is 0 Å². The summed E-state index contributed by atoms with van der Waals surface area (Å²) in [4.78, 5) is 0. The molecule has 86 valence electrons. The molecule has 1 aromatic carbocycles. The van der Waals surface area contributed by atoms with Crippen LogP contribution in [-0.2, 0) is 0 Å². The van der Waals surface area contributed by atoms with Crippen molar-refractivity contribution >= 4 is 11.6 Å². The third-order valence-corrected chi connectivity index (χ3v) is 3.86. The molecule has 1 saturated carbocycles. The van der Waals surface area contributed by atoms with Crippen molar-refractivity contribution in [1.82, 2.24) is 0 Å². The summed E-state index contributed by atoms with van der Waals surface area (Å²) in [5, 5.41) is 0. The Bertz CT molecular complexity index is 517. The summed E-state index contributed by atoms with van der Waals surface area (Å²) in [5.41, 5.74) is 5.55. The number of benzene rings is 1. The van der Waals surface area contributed by atoms with E-state index in [0.29, 0.717) is 0 Å².